The lowest BCUT2D eigenvalue weighted by atomic mass is 10.1. The third kappa shape index (κ3) is 4.39. The van der Waals surface area contributed by atoms with Crippen LogP contribution in [-0.2, 0) is 17.8 Å². The SMILES string of the molecule is NC(=O)c1ccc(CNC(=O)Cc2ccc(F)c(Br)c2)cc1. The van der Waals surface area contributed by atoms with E-state index in [1.54, 1.807) is 36.4 Å². The number of halogens is 2. The quantitative estimate of drug-likeness (QED) is 0.855. The van der Waals surface area contributed by atoms with Crippen LogP contribution in [0.25, 0.3) is 0 Å². The van der Waals surface area contributed by atoms with Gasteiger partial charge in [0.15, 0.2) is 0 Å². The van der Waals surface area contributed by atoms with Gasteiger partial charge in [-0.05, 0) is 51.3 Å². The van der Waals surface area contributed by atoms with E-state index in [0.717, 1.165) is 11.1 Å². The van der Waals surface area contributed by atoms with Gasteiger partial charge in [-0.1, -0.05) is 18.2 Å². The zero-order valence-corrected chi connectivity index (χ0v) is 13.2. The maximum absolute atomic E-state index is 13.1. The van der Waals surface area contributed by atoms with E-state index >= 15 is 0 Å². The highest BCUT2D eigenvalue weighted by Crippen LogP contribution is 2.17. The minimum absolute atomic E-state index is 0.165. The molecule has 6 heteroatoms. The second kappa shape index (κ2) is 7.17. The molecule has 0 saturated carbocycles. The summed E-state index contributed by atoms with van der Waals surface area (Å²) in [6.45, 7) is 0.347. The summed E-state index contributed by atoms with van der Waals surface area (Å²) in [4.78, 5) is 22.8. The lowest BCUT2D eigenvalue weighted by Gasteiger charge is -2.07. The van der Waals surface area contributed by atoms with Crippen LogP contribution >= 0.6 is 15.9 Å². The third-order valence-electron chi connectivity index (χ3n) is 3.08. The number of benzene rings is 2. The molecule has 0 radical (unpaired) electrons. The number of nitrogens with two attached hydrogens (primary N) is 1. The maximum Gasteiger partial charge on any atom is 0.248 e. The number of carbonyl (C=O) groups excluding carboxylic acids is 2. The first-order chi connectivity index (χ1) is 10.5. The summed E-state index contributed by atoms with van der Waals surface area (Å²) in [6.07, 6.45) is 0.165. The summed E-state index contributed by atoms with van der Waals surface area (Å²) in [5, 5.41) is 2.77. The lowest BCUT2D eigenvalue weighted by molar-refractivity contribution is -0.120. The molecule has 2 rings (SSSR count). The van der Waals surface area contributed by atoms with Crippen molar-refractivity contribution in [2.75, 3.05) is 0 Å². The first-order valence-electron chi connectivity index (χ1n) is 6.55. The van der Waals surface area contributed by atoms with E-state index in [0.29, 0.717) is 16.6 Å². The normalized spacial score (nSPS) is 10.3. The molecule has 0 aliphatic carbocycles. The molecule has 2 aromatic rings. The van der Waals surface area contributed by atoms with Crippen LogP contribution in [0, 0.1) is 5.82 Å². The van der Waals surface area contributed by atoms with Crippen LogP contribution in [0.3, 0.4) is 0 Å². The van der Waals surface area contributed by atoms with Gasteiger partial charge in [-0.25, -0.2) is 4.39 Å². The summed E-state index contributed by atoms with van der Waals surface area (Å²) >= 11 is 3.09. The highest BCUT2D eigenvalue weighted by molar-refractivity contribution is 9.10. The van der Waals surface area contributed by atoms with Crippen molar-refractivity contribution in [2.24, 2.45) is 5.73 Å². The Labute approximate surface area is 135 Å². The molecule has 2 amide bonds. The Hall–Kier alpha value is -2.21. The van der Waals surface area contributed by atoms with E-state index in [2.05, 4.69) is 21.2 Å². The van der Waals surface area contributed by atoms with E-state index < -0.39 is 5.91 Å². The number of nitrogens with one attached hydrogen (secondary N) is 1. The predicted octanol–water partition coefficient (Wildman–Crippen LogP) is 2.55. The largest absolute Gasteiger partial charge is 0.366 e. The van der Waals surface area contributed by atoms with Crippen LogP contribution in [0.4, 0.5) is 4.39 Å². The monoisotopic (exact) mass is 364 g/mol. The topological polar surface area (TPSA) is 72.2 Å². The number of hydrogen-bond acceptors (Lipinski definition) is 2. The molecule has 2 aromatic carbocycles. The van der Waals surface area contributed by atoms with Crippen molar-refractivity contribution in [3.8, 4) is 0 Å². The van der Waals surface area contributed by atoms with Crippen LogP contribution in [0.15, 0.2) is 46.9 Å². The molecule has 0 atom stereocenters. The van der Waals surface area contributed by atoms with Crippen molar-refractivity contribution < 1.29 is 14.0 Å². The highest BCUT2D eigenvalue weighted by atomic mass is 79.9. The Balaban J connectivity index is 1.89. The average molecular weight is 365 g/mol. The fraction of sp³-hybridized carbons (Fsp3) is 0.125. The van der Waals surface area contributed by atoms with E-state index in [1.807, 2.05) is 0 Å². The van der Waals surface area contributed by atoms with Gasteiger partial charge in [0.2, 0.25) is 11.8 Å². The van der Waals surface area contributed by atoms with Crippen LogP contribution in [0.2, 0.25) is 0 Å². The van der Waals surface area contributed by atoms with Crippen LogP contribution in [0.5, 0.6) is 0 Å². The molecule has 4 nitrogen and oxygen atoms in total. The zero-order chi connectivity index (χ0) is 16.1. The van der Waals surface area contributed by atoms with Gasteiger partial charge < -0.3 is 11.1 Å². The molecule has 0 unspecified atom stereocenters. The Morgan fingerprint density at radius 2 is 1.73 bits per heavy atom. The molecule has 3 N–H and O–H groups in total. The zero-order valence-electron chi connectivity index (χ0n) is 11.6. The molecule has 114 valence electrons. The van der Waals surface area contributed by atoms with Crippen LogP contribution in [0.1, 0.15) is 21.5 Å². The fourth-order valence-corrected chi connectivity index (χ4v) is 2.31. The Kier molecular flexibility index (Phi) is 5.27. The second-order valence-electron chi connectivity index (χ2n) is 4.76. The second-order valence-corrected chi connectivity index (χ2v) is 5.62. The summed E-state index contributed by atoms with van der Waals surface area (Å²) in [5.74, 6) is -1.02. The molecule has 0 fully saturated rings. The molecule has 0 aromatic heterocycles. The molecular formula is C16H14BrFN2O2. The summed E-state index contributed by atoms with van der Waals surface area (Å²) in [6, 6.07) is 11.2. The van der Waals surface area contributed by atoms with Gasteiger partial charge in [-0.3, -0.25) is 9.59 Å². The fourth-order valence-electron chi connectivity index (χ4n) is 1.89. The lowest BCUT2D eigenvalue weighted by Crippen LogP contribution is -2.24. The van der Waals surface area contributed by atoms with Gasteiger partial charge >= 0.3 is 0 Å². The maximum atomic E-state index is 13.1. The molecular weight excluding hydrogens is 351 g/mol. The Bertz CT molecular complexity index is 702. The molecule has 0 bridgehead atoms. The summed E-state index contributed by atoms with van der Waals surface area (Å²) in [7, 11) is 0. The van der Waals surface area contributed by atoms with Gasteiger partial charge in [0, 0.05) is 12.1 Å². The third-order valence-corrected chi connectivity index (χ3v) is 3.68. The molecule has 0 aliphatic rings. The van der Waals surface area contributed by atoms with Crippen LogP contribution < -0.4 is 11.1 Å². The average Bonchev–Trinajstić information content (AvgIpc) is 2.49. The first kappa shape index (κ1) is 16.2. The van der Waals surface area contributed by atoms with Crippen molar-refractivity contribution >= 4 is 27.7 Å². The highest BCUT2D eigenvalue weighted by Gasteiger charge is 2.06. The molecule has 0 aliphatic heterocycles. The van der Waals surface area contributed by atoms with E-state index in [9.17, 15) is 14.0 Å². The van der Waals surface area contributed by atoms with Crippen molar-refractivity contribution in [1.29, 1.82) is 0 Å². The van der Waals surface area contributed by atoms with E-state index in [4.69, 9.17) is 5.73 Å². The van der Waals surface area contributed by atoms with Gasteiger partial charge in [0.05, 0.1) is 10.9 Å². The number of rotatable bonds is 5. The molecule has 0 heterocycles. The van der Waals surface area contributed by atoms with Crippen molar-refractivity contribution in [3.63, 3.8) is 0 Å². The van der Waals surface area contributed by atoms with E-state index in [-0.39, 0.29) is 18.1 Å². The minimum Gasteiger partial charge on any atom is -0.366 e. The summed E-state index contributed by atoms with van der Waals surface area (Å²) in [5.41, 5.74) is 7.16. The first-order valence-corrected chi connectivity index (χ1v) is 7.34. The van der Waals surface area contributed by atoms with Crippen molar-refractivity contribution in [1.82, 2.24) is 5.32 Å². The minimum atomic E-state index is -0.488. The summed E-state index contributed by atoms with van der Waals surface area (Å²) < 4.78 is 13.4. The van der Waals surface area contributed by atoms with E-state index in [1.165, 1.54) is 6.07 Å². The molecule has 0 saturated heterocycles. The predicted molar refractivity (Wildman–Crippen MR) is 84.6 cm³/mol. The van der Waals surface area contributed by atoms with Gasteiger partial charge in [0.1, 0.15) is 5.82 Å². The van der Waals surface area contributed by atoms with Crippen molar-refractivity contribution in [3.05, 3.63) is 69.4 Å². The van der Waals surface area contributed by atoms with Gasteiger partial charge in [0.25, 0.3) is 0 Å². The number of hydrogen-bond donors (Lipinski definition) is 2. The Morgan fingerprint density at radius 3 is 2.32 bits per heavy atom. The van der Waals surface area contributed by atoms with Crippen molar-refractivity contribution in [2.45, 2.75) is 13.0 Å². The van der Waals surface area contributed by atoms with Gasteiger partial charge in [-0.15, -0.1) is 0 Å². The molecule has 0 spiro atoms. The van der Waals surface area contributed by atoms with Gasteiger partial charge in [-0.2, -0.15) is 0 Å². The van der Waals surface area contributed by atoms with Crippen LogP contribution in [-0.4, -0.2) is 11.8 Å². The number of amides is 2. The standard InChI is InChI=1S/C16H14BrFN2O2/c17-13-7-11(3-6-14(13)18)8-15(21)20-9-10-1-4-12(5-2-10)16(19)22/h1-7H,8-9H2,(H2,19,22)(H,20,21). The Morgan fingerprint density at radius 1 is 1.09 bits per heavy atom. The number of primary amides is 1. The smallest absolute Gasteiger partial charge is 0.248 e. The number of carbonyl (C=O) groups is 2. The molecule has 22 heavy (non-hydrogen) atoms.